The molecule has 31 heavy (non-hydrogen) atoms. The number of anilines is 1. The van der Waals surface area contributed by atoms with Gasteiger partial charge in [0.25, 0.3) is 17.6 Å². The minimum absolute atomic E-state index is 0.00397. The molecule has 2 atom stereocenters. The largest absolute Gasteiger partial charge is 0.388 e. The summed E-state index contributed by atoms with van der Waals surface area (Å²) < 4.78 is 33.2. The lowest BCUT2D eigenvalue weighted by molar-refractivity contribution is -0.118. The molecule has 1 aromatic heterocycles. The fraction of sp³-hybridized carbons (Fsp3) is 0.350. The molecule has 164 valence electrons. The molecular formula is C20H18ClF2N3O5. The SMILES string of the molecule is O=C(N[C@H]1COC[C@@H]1O)C(=O)c1c(Cl)c(C(=O)Nc2ccc(F)c(F)c2)c2n1CCC2. The highest BCUT2D eigenvalue weighted by Crippen LogP contribution is 2.34. The van der Waals surface area contributed by atoms with E-state index >= 15 is 0 Å². The fourth-order valence-corrected chi connectivity index (χ4v) is 4.17. The van der Waals surface area contributed by atoms with Crippen LogP contribution in [-0.4, -0.2) is 52.6 Å². The van der Waals surface area contributed by atoms with Gasteiger partial charge < -0.3 is 25.0 Å². The number of rotatable bonds is 5. The smallest absolute Gasteiger partial charge is 0.294 e. The zero-order valence-corrected chi connectivity index (χ0v) is 16.8. The van der Waals surface area contributed by atoms with Crippen molar-refractivity contribution in [2.45, 2.75) is 31.5 Å². The Kier molecular flexibility index (Phi) is 5.78. The molecule has 3 heterocycles. The normalized spacial score (nSPS) is 19.9. The zero-order chi connectivity index (χ0) is 22.3. The zero-order valence-electron chi connectivity index (χ0n) is 16.1. The van der Waals surface area contributed by atoms with Gasteiger partial charge in [-0.2, -0.15) is 0 Å². The van der Waals surface area contributed by atoms with Crippen molar-refractivity contribution in [2.75, 3.05) is 18.5 Å². The monoisotopic (exact) mass is 453 g/mol. The standard InChI is InChI=1S/C20H18ClF2N3O5/c21-16-15(19(29)24-9-3-4-10(22)11(23)6-9)13-2-1-5-26(13)17(16)18(28)20(30)25-12-7-31-8-14(12)27/h3-4,6,12,14,27H,1-2,5,7-8H2,(H,24,29)(H,25,30)/t12-,14-/m0/s1. The van der Waals surface area contributed by atoms with Gasteiger partial charge in [-0.25, -0.2) is 8.78 Å². The van der Waals surface area contributed by atoms with E-state index in [2.05, 4.69) is 10.6 Å². The first-order chi connectivity index (χ1) is 14.8. The summed E-state index contributed by atoms with van der Waals surface area (Å²) in [6, 6.07) is 2.16. The number of ketones is 1. The Bertz CT molecular complexity index is 1090. The molecule has 1 saturated heterocycles. The van der Waals surface area contributed by atoms with Crippen molar-refractivity contribution in [1.82, 2.24) is 9.88 Å². The number of benzene rings is 1. The number of carbonyl (C=O) groups excluding carboxylic acids is 3. The number of ether oxygens (including phenoxy) is 1. The van der Waals surface area contributed by atoms with Crippen molar-refractivity contribution >= 4 is 34.9 Å². The van der Waals surface area contributed by atoms with Crippen molar-refractivity contribution in [2.24, 2.45) is 0 Å². The van der Waals surface area contributed by atoms with Crippen LogP contribution >= 0.6 is 11.6 Å². The lowest BCUT2D eigenvalue weighted by Gasteiger charge is -2.14. The summed E-state index contributed by atoms with van der Waals surface area (Å²) in [6.07, 6.45) is 0.155. The molecule has 2 aliphatic heterocycles. The lowest BCUT2D eigenvalue weighted by Crippen LogP contribution is -2.45. The number of Topliss-reactive ketones (excluding diaryl/α,β-unsaturated/α-hetero) is 1. The predicted octanol–water partition coefficient (Wildman–Crippen LogP) is 1.68. The molecule has 0 spiro atoms. The van der Waals surface area contributed by atoms with E-state index in [1.54, 1.807) is 0 Å². The third-order valence-electron chi connectivity index (χ3n) is 5.30. The van der Waals surface area contributed by atoms with Gasteiger partial charge in [0, 0.05) is 24.0 Å². The average Bonchev–Trinajstić information content (AvgIpc) is 3.40. The highest BCUT2D eigenvalue weighted by molar-refractivity contribution is 6.48. The van der Waals surface area contributed by atoms with Crippen LogP contribution in [0.1, 0.15) is 33.0 Å². The van der Waals surface area contributed by atoms with E-state index in [0.717, 1.165) is 12.1 Å². The van der Waals surface area contributed by atoms with Crippen LogP contribution in [0.2, 0.25) is 5.02 Å². The van der Waals surface area contributed by atoms with E-state index in [0.29, 0.717) is 25.1 Å². The lowest BCUT2D eigenvalue weighted by atomic mass is 10.1. The van der Waals surface area contributed by atoms with E-state index in [4.69, 9.17) is 16.3 Å². The molecule has 4 rings (SSSR count). The number of carbonyl (C=O) groups is 3. The number of hydrogen-bond acceptors (Lipinski definition) is 5. The van der Waals surface area contributed by atoms with Gasteiger partial charge in [0.15, 0.2) is 11.6 Å². The van der Waals surface area contributed by atoms with Crippen molar-refractivity contribution in [1.29, 1.82) is 0 Å². The van der Waals surface area contributed by atoms with Gasteiger partial charge in [-0.1, -0.05) is 11.6 Å². The number of fused-ring (bicyclic) bond motifs is 1. The summed E-state index contributed by atoms with van der Waals surface area (Å²) in [7, 11) is 0. The van der Waals surface area contributed by atoms with Gasteiger partial charge in [0.05, 0.1) is 35.9 Å². The summed E-state index contributed by atoms with van der Waals surface area (Å²) >= 11 is 6.36. The number of aliphatic hydroxyl groups excluding tert-OH is 1. The highest BCUT2D eigenvalue weighted by atomic mass is 35.5. The van der Waals surface area contributed by atoms with E-state index in [1.807, 2.05) is 0 Å². The second-order valence-corrected chi connectivity index (χ2v) is 7.71. The third-order valence-corrected chi connectivity index (χ3v) is 5.67. The average molecular weight is 454 g/mol. The molecule has 8 nitrogen and oxygen atoms in total. The Hall–Kier alpha value is -2.82. The third kappa shape index (κ3) is 3.93. The molecular weight excluding hydrogens is 436 g/mol. The molecule has 0 aliphatic carbocycles. The molecule has 0 bridgehead atoms. The number of nitrogens with zero attached hydrogens (tertiary/aromatic N) is 1. The Labute approximate surface area is 180 Å². The van der Waals surface area contributed by atoms with E-state index in [-0.39, 0.29) is 35.2 Å². The van der Waals surface area contributed by atoms with E-state index in [1.165, 1.54) is 10.6 Å². The molecule has 0 saturated carbocycles. The summed E-state index contributed by atoms with van der Waals surface area (Å²) in [6.45, 7) is 0.508. The molecule has 0 unspecified atom stereocenters. The minimum atomic E-state index is -1.13. The number of nitrogens with one attached hydrogen (secondary N) is 2. The second-order valence-electron chi connectivity index (χ2n) is 7.34. The number of amides is 2. The summed E-state index contributed by atoms with van der Waals surface area (Å²) in [5.41, 5.74) is 0.365. The van der Waals surface area contributed by atoms with Gasteiger partial charge in [-0.15, -0.1) is 0 Å². The Balaban J connectivity index is 1.61. The maximum absolute atomic E-state index is 13.5. The second kappa shape index (κ2) is 8.37. The van der Waals surface area contributed by atoms with Crippen LogP contribution in [0.5, 0.6) is 0 Å². The molecule has 1 aromatic carbocycles. The quantitative estimate of drug-likeness (QED) is 0.471. The van der Waals surface area contributed by atoms with Gasteiger partial charge in [-0.05, 0) is 25.0 Å². The molecule has 1 fully saturated rings. The molecule has 2 amide bonds. The summed E-state index contributed by atoms with van der Waals surface area (Å²) in [5, 5.41) is 14.4. The van der Waals surface area contributed by atoms with Crippen molar-refractivity contribution in [3.8, 4) is 0 Å². The molecule has 0 radical (unpaired) electrons. The molecule has 3 N–H and O–H groups in total. The van der Waals surface area contributed by atoms with Gasteiger partial charge in [0.1, 0.15) is 5.69 Å². The summed E-state index contributed by atoms with van der Waals surface area (Å²) in [5.74, 6) is -4.81. The van der Waals surface area contributed by atoms with Gasteiger partial charge in [0.2, 0.25) is 0 Å². The van der Waals surface area contributed by atoms with Crippen molar-refractivity contribution in [3.63, 3.8) is 0 Å². The number of halogens is 3. The number of aliphatic hydroxyl groups is 1. The molecule has 11 heteroatoms. The van der Waals surface area contributed by atoms with Crippen molar-refractivity contribution in [3.05, 3.63) is 51.8 Å². The van der Waals surface area contributed by atoms with Crippen LogP contribution < -0.4 is 10.6 Å². The molecule has 2 aromatic rings. The fourth-order valence-electron chi connectivity index (χ4n) is 3.79. The maximum atomic E-state index is 13.5. The van der Waals surface area contributed by atoms with E-state index < -0.39 is 41.4 Å². The first kappa shape index (κ1) is 21.4. The van der Waals surface area contributed by atoms with Crippen LogP contribution in [-0.2, 0) is 22.5 Å². The Morgan fingerprint density at radius 1 is 1.19 bits per heavy atom. The topological polar surface area (TPSA) is 110 Å². The van der Waals surface area contributed by atoms with Crippen LogP contribution in [0, 0.1) is 11.6 Å². The van der Waals surface area contributed by atoms with Crippen LogP contribution in [0.4, 0.5) is 14.5 Å². The first-order valence-electron chi connectivity index (χ1n) is 9.56. The number of hydrogen-bond donors (Lipinski definition) is 3. The van der Waals surface area contributed by atoms with E-state index in [9.17, 15) is 28.3 Å². The maximum Gasteiger partial charge on any atom is 0.294 e. The molecule has 2 aliphatic rings. The number of aromatic nitrogens is 1. The highest BCUT2D eigenvalue weighted by Gasteiger charge is 2.36. The van der Waals surface area contributed by atoms with Crippen molar-refractivity contribution < 1.29 is 33.0 Å². The van der Waals surface area contributed by atoms with Crippen LogP contribution in [0.3, 0.4) is 0 Å². The Morgan fingerprint density at radius 3 is 2.65 bits per heavy atom. The predicted molar refractivity (Wildman–Crippen MR) is 105 cm³/mol. The minimum Gasteiger partial charge on any atom is -0.388 e. The van der Waals surface area contributed by atoms with Crippen LogP contribution in [0.15, 0.2) is 18.2 Å². The summed E-state index contributed by atoms with van der Waals surface area (Å²) in [4.78, 5) is 38.1. The first-order valence-corrected chi connectivity index (χ1v) is 9.94. The van der Waals surface area contributed by atoms with Gasteiger partial charge >= 0.3 is 0 Å². The van der Waals surface area contributed by atoms with Gasteiger partial charge in [-0.3, -0.25) is 14.4 Å². The Morgan fingerprint density at radius 2 is 1.97 bits per heavy atom. The van der Waals surface area contributed by atoms with Crippen LogP contribution in [0.25, 0.3) is 0 Å².